The van der Waals surface area contributed by atoms with Crippen molar-refractivity contribution in [2.75, 3.05) is 0 Å². The Morgan fingerprint density at radius 1 is 1.21 bits per heavy atom. The fourth-order valence-corrected chi connectivity index (χ4v) is 3.66. The highest BCUT2D eigenvalue weighted by Crippen LogP contribution is 2.34. The predicted octanol–water partition coefficient (Wildman–Crippen LogP) is 4.49. The number of ketones is 2. The van der Waals surface area contributed by atoms with E-state index in [1.165, 1.54) is 6.08 Å². The topological polar surface area (TPSA) is 115 Å². The van der Waals surface area contributed by atoms with Gasteiger partial charge in [0.1, 0.15) is 11.6 Å². The van der Waals surface area contributed by atoms with Crippen LogP contribution in [0.1, 0.15) is 61.7 Å². The predicted molar refractivity (Wildman–Crippen MR) is 103 cm³/mol. The number of nitrogens with zero attached hydrogens (tertiary/aromatic N) is 1. The van der Waals surface area contributed by atoms with Crippen molar-refractivity contribution >= 4 is 23.2 Å². The molecule has 0 heterocycles. The minimum atomic E-state index is -0.854. The number of aliphatic carboxylic acids is 1. The van der Waals surface area contributed by atoms with Crippen LogP contribution in [0, 0.1) is 27.8 Å². The number of nitro groups is 1. The van der Waals surface area contributed by atoms with Crippen molar-refractivity contribution in [2.24, 2.45) is 11.8 Å². The van der Waals surface area contributed by atoms with Crippen molar-refractivity contribution in [1.29, 1.82) is 0 Å². The number of unbranched alkanes of at least 4 members (excludes halogenated alkanes) is 3. The molecule has 8 heteroatoms. The minimum absolute atomic E-state index is 0.0889. The third-order valence-corrected chi connectivity index (χ3v) is 5.18. The molecule has 1 fully saturated rings. The van der Waals surface area contributed by atoms with E-state index < -0.39 is 28.2 Å². The van der Waals surface area contributed by atoms with E-state index in [-0.39, 0.29) is 29.6 Å². The van der Waals surface area contributed by atoms with Crippen LogP contribution in [-0.2, 0) is 9.59 Å². The van der Waals surface area contributed by atoms with Gasteiger partial charge in [0.15, 0.2) is 5.78 Å². The Balaban J connectivity index is 1.92. The first kappa shape index (κ1) is 22.4. The number of carbonyl (C=O) groups is 3. The molecule has 1 N–H and O–H groups in total. The van der Waals surface area contributed by atoms with Crippen LogP contribution in [0.2, 0.25) is 0 Å². The standard InChI is InChI=1S/C21H24FNO6/c22-16-11-15(12-17(13-16)23(28)29)19(24)9-7-14-8-10-20(25)18(14)5-3-1-2-4-6-21(26)27/h7,9,11-14,18H,1-6,8,10H2,(H,26,27)/b9-7+. The lowest BCUT2D eigenvalue weighted by Crippen LogP contribution is -2.13. The van der Waals surface area contributed by atoms with Gasteiger partial charge in [-0.15, -0.1) is 0 Å². The lowest BCUT2D eigenvalue weighted by molar-refractivity contribution is -0.385. The largest absolute Gasteiger partial charge is 0.481 e. The highest BCUT2D eigenvalue weighted by Gasteiger charge is 2.32. The summed E-state index contributed by atoms with van der Waals surface area (Å²) in [6.45, 7) is 0. The number of hydrogen-bond acceptors (Lipinski definition) is 5. The fourth-order valence-electron chi connectivity index (χ4n) is 3.66. The molecule has 1 aromatic carbocycles. The molecule has 2 unspecified atom stereocenters. The molecule has 2 rings (SSSR count). The molecule has 29 heavy (non-hydrogen) atoms. The van der Waals surface area contributed by atoms with Crippen LogP contribution in [0.4, 0.5) is 10.1 Å². The van der Waals surface area contributed by atoms with E-state index in [1.54, 1.807) is 6.08 Å². The molecule has 156 valence electrons. The van der Waals surface area contributed by atoms with Crippen LogP contribution in [0.5, 0.6) is 0 Å². The van der Waals surface area contributed by atoms with Crippen LogP contribution < -0.4 is 0 Å². The summed E-state index contributed by atoms with van der Waals surface area (Å²) < 4.78 is 13.5. The van der Waals surface area contributed by atoms with E-state index in [1.807, 2.05) is 0 Å². The number of hydrogen-bond donors (Lipinski definition) is 1. The SMILES string of the molecule is O=C(O)CCCCCCC1C(=O)CCC1/C=C/C(=O)c1cc(F)cc([N+](=O)[O-])c1. The van der Waals surface area contributed by atoms with Crippen molar-refractivity contribution in [3.05, 3.63) is 51.8 Å². The molecule has 0 amide bonds. The number of halogens is 1. The zero-order valence-electron chi connectivity index (χ0n) is 16.0. The maximum atomic E-state index is 13.5. The van der Waals surface area contributed by atoms with Gasteiger partial charge in [0, 0.05) is 30.4 Å². The number of nitro benzene ring substituents is 1. The van der Waals surface area contributed by atoms with Crippen LogP contribution in [0.3, 0.4) is 0 Å². The molecule has 1 aromatic rings. The molecule has 0 radical (unpaired) electrons. The summed E-state index contributed by atoms with van der Waals surface area (Å²) in [5, 5.41) is 19.4. The van der Waals surface area contributed by atoms with Crippen LogP contribution in [-0.4, -0.2) is 27.6 Å². The molecule has 7 nitrogen and oxygen atoms in total. The number of carboxylic acids is 1. The third-order valence-electron chi connectivity index (χ3n) is 5.18. The van der Waals surface area contributed by atoms with E-state index in [9.17, 15) is 28.9 Å². The molecule has 0 aliphatic heterocycles. The third kappa shape index (κ3) is 6.89. The summed E-state index contributed by atoms with van der Waals surface area (Å²) in [5.41, 5.74) is -0.592. The van der Waals surface area contributed by atoms with Crippen molar-refractivity contribution in [1.82, 2.24) is 0 Å². The first-order valence-electron chi connectivity index (χ1n) is 9.70. The Labute approximate surface area is 167 Å². The number of carbonyl (C=O) groups excluding carboxylic acids is 2. The van der Waals surface area contributed by atoms with Crippen molar-refractivity contribution < 1.29 is 28.8 Å². The Bertz CT molecular complexity index is 819. The normalized spacial score (nSPS) is 19.0. The fraction of sp³-hybridized carbons (Fsp3) is 0.476. The van der Waals surface area contributed by atoms with Gasteiger partial charge in [0.25, 0.3) is 5.69 Å². The monoisotopic (exact) mass is 405 g/mol. The average Bonchev–Trinajstić information content (AvgIpc) is 3.01. The maximum absolute atomic E-state index is 13.5. The first-order chi connectivity index (χ1) is 13.8. The Morgan fingerprint density at radius 2 is 1.93 bits per heavy atom. The first-order valence-corrected chi connectivity index (χ1v) is 9.70. The molecule has 1 saturated carbocycles. The van der Waals surface area contributed by atoms with Crippen LogP contribution >= 0.6 is 0 Å². The number of allylic oxidation sites excluding steroid dienone is 2. The van der Waals surface area contributed by atoms with Crippen molar-refractivity contribution in [3.8, 4) is 0 Å². The molecular formula is C21H24FNO6. The number of non-ortho nitro benzene ring substituents is 1. The second kappa shape index (κ2) is 10.6. The summed E-state index contributed by atoms with van der Waals surface area (Å²) >= 11 is 0. The van der Waals surface area contributed by atoms with Crippen molar-refractivity contribution in [2.45, 2.75) is 51.4 Å². The van der Waals surface area contributed by atoms with E-state index in [2.05, 4.69) is 0 Å². The van der Waals surface area contributed by atoms with E-state index in [0.717, 1.165) is 37.5 Å². The Hall–Kier alpha value is -2.90. The van der Waals surface area contributed by atoms with E-state index in [4.69, 9.17) is 5.11 Å². The molecule has 0 bridgehead atoms. The molecule has 1 aliphatic rings. The summed E-state index contributed by atoms with van der Waals surface area (Å²) in [4.78, 5) is 45.0. The Kier molecular flexibility index (Phi) is 8.18. The summed E-state index contributed by atoms with van der Waals surface area (Å²) in [6, 6.07) is 2.74. The van der Waals surface area contributed by atoms with Gasteiger partial charge in [0.05, 0.1) is 11.0 Å². The van der Waals surface area contributed by atoms with Gasteiger partial charge >= 0.3 is 5.97 Å². The summed E-state index contributed by atoms with van der Waals surface area (Å²) in [5.74, 6) is -2.32. The smallest absolute Gasteiger partial charge is 0.303 e. The van der Waals surface area contributed by atoms with Gasteiger partial charge in [-0.25, -0.2) is 4.39 Å². The molecule has 1 aliphatic carbocycles. The van der Waals surface area contributed by atoms with Gasteiger partial charge in [-0.05, 0) is 37.3 Å². The van der Waals surface area contributed by atoms with Gasteiger partial charge in [0.2, 0.25) is 0 Å². The molecule has 0 spiro atoms. The van der Waals surface area contributed by atoms with E-state index >= 15 is 0 Å². The number of benzene rings is 1. The molecule has 2 atom stereocenters. The minimum Gasteiger partial charge on any atom is -0.481 e. The zero-order chi connectivity index (χ0) is 21.4. The van der Waals surface area contributed by atoms with Crippen molar-refractivity contribution in [3.63, 3.8) is 0 Å². The lowest BCUT2D eigenvalue weighted by Gasteiger charge is -2.14. The molecule has 0 saturated heterocycles. The maximum Gasteiger partial charge on any atom is 0.303 e. The van der Waals surface area contributed by atoms with Crippen LogP contribution in [0.15, 0.2) is 30.4 Å². The number of Topliss-reactive ketones (excluding diaryl/α,β-unsaturated/α-hetero) is 1. The number of carboxylic acid groups (broad SMARTS) is 1. The summed E-state index contributed by atoms with van der Waals surface area (Å²) in [6.07, 6.45) is 7.89. The second-order valence-electron chi connectivity index (χ2n) is 7.30. The average molecular weight is 405 g/mol. The molecular weight excluding hydrogens is 381 g/mol. The highest BCUT2D eigenvalue weighted by molar-refractivity contribution is 6.05. The quantitative estimate of drug-likeness (QED) is 0.191. The van der Waals surface area contributed by atoms with Gasteiger partial charge in [-0.3, -0.25) is 24.5 Å². The van der Waals surface area contributed by atoms with E-state index in [0.29, 0.717) is 25.7 Å². The van der Waals surface area contributed by atoms with Gasteiger partial charge < -0.3 is 5.11 Å². The summed E-state index contributed by atoms with van der Waals surface area (Å²) in [7, 11) is 0. The van der Waals surface area contributed by atoms with Crippen LogP contribution in [0.25, 0.3) is 0 Å². The number of rotatable bonds is 11. The second-order valence-corrected chi connectivity index (χ2v) is 7.30. The highest BCUT2D eigenvalue weighted by atomic mass is 19.1. The molecule has 0 aromatic heterocycles. The van der Waals surface area contributed by atoms with Gasteiger partial charge in [-0.1, -0.05) is 25.3 Å². The Morgan fingerprint density at radius 3 is 2.62 bits per heavy atom. The zero-order valence-corrected chi connectivity index (χ0v) is 16.0. The van der Waals surface area contributed by atoms with Gasteiger partial charge in [-0.2, -0.15) is 0 Å². The lowest BCUT2D eigenvalue weighted by atomic mass is 9.89.